The molecule has 16 heavy (non-hydrogen) atoms. The lowest BCUT2D eigenvalue weighted by molar-refractivity contribution is 0.00628. The minimum Gasteiger partial charge on any atom is -0.455 e. The highest BCUT2D eigenvalue weighted by atomic mass is 16.6. The standard InChI is InChI=1S/C12H18N2O2/c1-8(13)9-5-6-10(14-7-9)11(15)16-12(2,3)4/h5-8H,13H2,1-4H3. The minimum absolute atomic E-state index is 0.0832. The number of nitrogens with two attached hydrogens (primary N) is 1. The van der Waals surface area contributed by atoms with Crippen LogP contribution in [0.1, 0.15) is 49.8 Å². The molecule has 1 rings (SSSR count). The topological polar surface area (TPSA) is 65.2 Å². The number of esters is 1. The van der Waals surface area contributed by atoms with Gasteiger partial charge in [0, 0.05) is 12.2 Å². The van der Waals surface area contributed by atoms with Crippen molar-refractivity contribution in [3.63, 3.8) is 0 Å². The zero-order chi connectivity index (χ0) is 12.3. The van der Waals surface area contributed by atoms with Crippen LogP contribution in [0.3, 0.4) is 0 Å². The lowest BCUT2D eigenvalue weighted by Gasteiger charge is -2.19. The maximum atomic E-state index is 11.6. The third-order valence-corrected chi connectivity index (χ3v) is 1.92. The average Bonchev–Trinajstić information content (AvgIpc) is 2.15. The predicted molar refractivity (Wildman–Crippen MR) is 62.0 cm³/mol. The summed E-state index contributed by atoms with van der Waals surface area (Å²) in [4.78, 5) is 15.7. The summed E-state index contributed by atoms with van der Waals surface area (Å²) >= 11 is 0. The van der Waals surface area contributed by atoms with Gasteiger partial charge < -0.3 is 10.5 Å². The molecule has 1 aromatic rings. The Morgan fingerprint density at radius 3 is 2.44 bits per heavy atom. The van der Waals surface area contributed by atoms with Crippen LogP contribution < -0.4 is 5.73 Å². The van der Waals surface area contributed by atoms with Crippen molar-refractivity contribution in [1.82, 2.24) is 4.98 Å². The first-order valence-electron chi connectivity index (χ1n) is 5.24. The van der Waals surface area contributed by atoms with Crippen molar-refractivity contribution in [2.75, 3.05) is 0 Å². The summed E-state index contributed by atoms with van der Waals surface area (Å²) in [5.74, 6) is -0.413. The molecule has 0 amide bonds. The molecule has 88 valence electrons. The first-order chi connectivity index (χ1) is 7.29. The molecule has 1 atom stereocenters. The highest BCUT2D eigenvalue weighted by molar-refractivity contribution is 5.87. The van der Waals surface area contributed by atoms with E-state index in [0.717, 1.165) is 5.56 Å². The highest BCUT2D eigenvalue weighted by Crippen LogP contribution is 2.12. The van der Waals surface area contributed by atoms with Crippen LogP contribution in [-0.2, 0) is 4.74 Å². The molecule has 0 spiro atoms. The van der Waals surface area contributed by atoms with Gasteiger partial charge in [-0.15, -0.1) is 0 Å². The van der Waals surface area contributed by atoms with E-state index in [0.29, 0.717) is 5.69 Å². The fourth-order valence-corrected chi connectivity index (χ4v) is 1.13. The van der Waals surface area contributed by atoms with Gasteiger partial charge in [-0.05, 0) is 39.3 Å². The number of carbonyl (C=O) groups is 1. The molecule has 0 aliphatic heterocycles. The number of aromatic nitrogens is 1. The Labute approximate surface area is 95.8 Å². The number of nitrogens with zero attached hydrogens (tertiary/aromatic N) is 1. The Kier molecular flexibility index (Phi) is 3.65. The molecular formula is C12H18N2O2. The van der Waals surface area contributed by atoms with E-state index in [2.05, 4.69) is 4.98 Å². The zero-order valence-electron chi connectivity index (χ0n) is 10.2. The van der Waals surface area contributed by atoms with Gasteiger partial charge in [0.15, 0.2) is 0 Å². The largest absolute Gasteiger partial charge is 0.455 e. The van der Waals surface area contributed by atoms with Gasteiger partial charge in [-0.1, -0.05) is 6.07 Å². The molecule has 0 aliphatic rings. The van der Waals surface area contributed by atoms with Crippen molar-refractivity contribution in [1.29, 1.82) is 0 Å². The number of hydrogen-bond acceptors (Lipinski definition) is 4. The molecule has 4 heteroatoms. The third-order valence-electron chi connectivity index (χ3n) is 1.92. The fourth-order valence-electron chi connectivity index (χ4n) is 1.13. The van der Waals surface area contributed by atoms with E-state index in [1.165, 1.54) is 0 Å². The van der Waals surface area contributed by atoms with Crippen molar-refractivity contribution in [2.24, 2.45) is 5.73 Å². The molecule has 0 saturated heterocycles. The van der Waals surface area contributed by atoms with E-state index in [-0.39, 0.29) is 6.04 Å². The maximum Gasteiger partial charge on any atom is 0.357 e. The van der Waals surface area contributed by atoms with Crippen LogP contribution in [0.5, 0.6) is 0 Å². The van der Waals surface area contributed by atoms with Gasteiger partial charge >= 0.3 is 5.97 Å². The number of carbonyl (C=O) groups excluding carboxylic acids is 1. The van der Waals surface area contributed by atoms with Crippen molar-refractivity contribution in [2.45, 2.75) is 39.3 Å². The average molecular weight is 222 g/mol. The second-order valence-electron chi connectivity index (χ2n) is 4.77. The van der Waals surface area contributed by atoms with Crippen LogP contribution in [0, 0.1) is 0 Å². The summed E-state index contributed by atoms with van der Waals surface area (Å²) in [6, 6.07) is 3.34. The molecule has 1 unspecified atom stereocenters. The summed E-state index contributed by atoms with van der Waals surface area (Å²) in [6.07, 6.45) is 1.60. The van der Waals surface area contributed by atoms with Gasteiger partial charge in [0.25, 0.3) is 0 Å². The number of rotatable bonds is 2. The van der Waals surface area contributed by atoms with E-state index >= 15 is 0 Å². The van der Waals surface area contributed by atoms with Gasteiger partial charge in [0.05, 0.1) is 0 Å². The SMILES string of the molecule is CC(N)c1ccc(C(=O)OC(C)(C)C)nc1. The molecular weight excluding hydrogens is 204 g/mol. The monoisotopic (exact) mass is 222 g/mol. The van der Waals surface area contributed by atoms with Crippen LogP contribution in [0.25, 0.3) is 0 Å². The lowest BCUT2D eigenvalue weighted by Crippen LogP contribution is -2.24. The lowest BCUT2D eigenvalue weighted by atomic mass is 10.1. The van der Waals surface area contributed by atoms with Crippen LogP contribution in [-0.4, -0.2) is 16.6 Å². The number of hydrogen-bond donors (Lipinski definition) is 1. The van der Waals surface area contributed by atoms with Crippen molar-refractivity contribution < 1.29 is 9.53 Å². The van der Waals surface area contributed by atoms with Gasteiger partial charge in [-0.2, -0.15) is 0 Å². The molecule has 0 saturated carbocycles. The number of ether oxygens (including phenoxy) is 1. The van der Waals surface area contributed by atoms with Crippen LogP contribution in [0.15, 0.2) is 18.3 Å². The van der Waals surface area contributed by atoms with E-state index < -0.39 is 11.6 Å². The summed E-state index contributed by atoms with van der Waals surface area (Å²) in [7, 11) is 0. The molecule has 0 aromatic carbocycles. The van der Waals surface area contributed by atoms with Gasteiger partial charge in [-0.25, -0.2) is 9.78 Å². The summed E-state index contributed by atoms with van der Waals surface area (Å²) < 4.78 is 5.19. The van der Waals surface area contributed by atoms with E-state index in [4.69, 9.17) is 10.5 Å². The van der Waals surface area contributed by atoms with E-state index in [9.17, 15) is 4.79 Å². The van der Waals surface area contributed by atoms with Crippen molar-refractivity contribution >= 4 is 5.97 Å². The molecule has 4 nitrogen and oxygen atoms in total. The van der Waals surface area contributed by atoms with Gasteiger partial charge in [0.1, 0.15) is 11.3 Å². The van der Waals surface area contributed by atoms with Crippen molar-refractivity contribution in [3.05, 3.63) is 29.6 Å². The Morgan fingerprint density at radius 1 is 1.44 bits per heavy atom. The summed E-state index contributed by atoms with van der Waals surface area (Å²) in [6.45, 7) is 7.33. The smallest absolute Gasteiger partial charge is 0.357 e. The fraction of sp³-hybridized carbons (Fsp3) is 0.500. The highest BCUT2D eigenvalue weighted by Gasteiger charge is 2.18. The normalized spacial score (nSPS) is 13.3. The molecule has 0 radical (unpaired) electrons. The predicted octanol–water partition coefficient (Wildman–Crippen LogP) is 2.06. The third kappa shape index (κ3) is 3.62. The van der Waals surface area contributed by atoms with Crippen molar-refractivity contribution in [3.8, 4) is 0 Å². The quantitative estimate of drug-likeness (QED) is 0.778. The maximum absolute atomic E-state index is 11.6. The molecule has 1 heterocycles. The molecule has 2 N–H and O–H groups in total. The summed E-state index contributed by atoms with van der Waals surface area (Å²) in [5.41, 5.74) is 6.38. The number of pyridine rings is 1. The molecule has 0 aliphatic carbocycles. The minimum atomic E-state index is -0.501. The van der Waals surface area contributed by atoms with Crippen LogP contribution in [0.4, 0.5) is 0 Å². The van der Waals surface area contributed by atoms with Crippen LogP contribution >= 0.6 is 0 Å². The Morgan fingerprint density at radius 2 is 2.06 bits per heavy atom. The second-order valence-corrected chi connectivity index (χ2v) is 4.77. The molecule has 1 aromatic heterocycles. The Bertz CT molecular complexity index is 364. The van der Waals surface area contributed by atoms with Crippen LogP contribution in [0.2, 0.25) is 0 Å². The second kappa shape index (κ2) is 4.61. The van der Waals surface area contributed by atoms with E-state index in [1.54, 1.807) is 18.3 Å². The van der Waals surface area contributed by atoms with E-state index in [1.807, 2.05) is 27.7 Å². The Balaban J connectivity index is 2.78. The first kappa shape index (κ1) is 12.6. The first-order valence-corrected chi connectivity index (χ1v) is 5.24. The summed E-state index contributed by atoms with van der Waals surface area (Å²) in [5, 5.41) is 0. The zero-order valence-corrected chi connectivity index (χ0v) is 10.2. The van der Waals surface area contributed by atoms with Gasteiger partial charge in [0.2, 0.25) is 0 Å². The Hall–Kier alpha value is -1.42. The molecule has 0 bridgehead atoms. The van der Waals surface area contributed by atoms with Gasteiger partial charge in [-0.3, -0.25) is 0 Å². The molecule has 0 fully saturated rings.